The van der Waals surface area contributed by atoms with Crippen LogP contribution in [0.3, 0.4) is 0 Å². The lowest BCUT2D eigenvalue weighted by molar-refractivity contribution is 0.0378. The van der Waals surface area contributed by atoms with Gasteiger partial charge in [-0.3, -0.25) is 4.90 Å². The third-order valence-corrected chi connectivity index (χ3v) is 3.03. The minimum atomic E-state index is 0.825. The summed E-state index contributed by atoms with van der Waals surface area (Å²) in [7, 11) is 0. The second-order valence-corrected chi connectivity index (χ2v) is 4.68. The molecule has 1 aromatic rings. The van der Waals surface area contributed by atoms with Gasteiger partial charge in [0.2, 0.25) is 0 Å². The van der Waals surface area contributed by atoms with E-state index in [0.29, 0.717) is 0 Å². The van der Waals surface area contributed by atoms with Crippen LogP contribution in [0.4, 0.5) is 5.82 Å². The lowest BCUT2D eigenvalue weighted by Crippen LogP contribution is -2.37. The first-order chi connectivity index (χ1) is 8.74. The summed E-state index contributed by atoms with van der Waals surface area (Å²) in [6.45, 7) is 9.86. The van der Waals surface area contributed by atoms with E-state index in [1.807, 2.05) is 19.9 Å². The van der Waals surface area contributed by atoms with Crippen LogP contribution in [0.1, 0.15) is 17.9 Å². The van der Waals surface area contributed by atoms with Crippen LogP contribution in [-0.4, -0.2) is 54.3 Å². The topological polar surface area (TPSA) is 50.3 Å². The minimum absolute atomic E-state index is 0.825. The van der Waals surface area contributed by atoms with Gasteiger partial charge in [0.1, 0.15) is 11.6 Å². The monoisotopic (exact) mass is 250 g/mol. The summed E-state index contributed by atoms with van der Waals surface area (Å²) in [6.07, 6.45) is 1.13. The van der Waals surface area contributed by atoms with Gasteiger partial charge in [0.05, 0.1) is 13.2 Å². The summed E-state index contributed by atoms with van der Waals surface area (Å²) in [5.74, 6) is 1.76. The second kappa shape index (κ2) is 6.66. The molecule has 5 nitrogen and oxygen atoms in total. The summed E-state index contributed by atoms with van der Waals surface area (Å²) in [5, 5.41) is 3.36. The molecule has 1 fully saturated rings. The Morgan fingerprint density at radius 1 is 1.28 bits per heavy atom. The van der Waals surface area contributed by atoms with Crippen LogP contribution < -0.4 is 5.32 Å². The molecule has 0 aliphatic carbocycles. The first kappa shape index (κ1) is 13.2. The van der Waals surface area contributed by atoms with Gasteiger partial charge in [-0.15, -0.1) is 0 Å². The standard InChI is InChI=1S/C13H22N4O/c1-11-10-13(16-12(2)15-11)14-4-3-5-17-6-8-18-9-7-17/h10H,3-9H2,1-2H3,(H,14,15,16). The van der Waals surface area contributed by atoms with E-state index >= 15 is 0 Å². The number of rotatable bonds is 5. The van der Waals surface area contributed by atoms with Crippen LogP contribution in [0.25, 0.3) is 0 Å². The molecular weight excluding hydrogens is 228 g/mol. The molecule has 0 spiro atoms. The summed E-state index contributed by atoms with van der Waals surface area (Å²) in [6, 6.07) is 1.99. The highest BCUT2D eigenvalue weighted by Crippen LogP contribution is 2.05. The maximum Gasteiger partial charge on any atom is 0.129 e. The van der Waals surface area contributed by atoms with Crippen molar-refractivity contribution in [3.8, 4) is 0 Å². The Kier molecular flexibility index (Phi) is 4.90. The fourth-order valence-electron chi connectivity index (χ4n) is 2.15. The molecule has 2 rings (SSSR count). The zero-order chi connectivity index (χ0) is 12.8. The SMILES string of the molecule is Cc1cc(NCCCN2CCOCC2)nc(C)n1. The number of hydrogen-bond donors (Lipinski definition) is 1. The average molecular weight is 250 g/mol. The van der Waals surface area contributed by atoms with E-state index in [0.717, 1.165) is 63.1 Å². The third-order valence-electron chi connectivity index (χ3n) is 3.03. The molecule has 1 saturated heterocycles. The highest BCUT2D eigenvalue weighted by Gasteiger charge is 2.09. The van der Waals surface area contributed by atoms with Crippen molar-refractivity contribution in [2.75, 3.05) is 44.7 Å². The zero-order valence-corrected chi connectivity index (χ0v) is 11.3. The summed E-state index contributed by atoms with van der Waals surface area (Å²) < 4.78 is 5.33. The molecule has 2 heterocycles. The maximum absolute atomic E-state index is 5.33. The molecule has 0 radical (unpaired) electrons. The smallest absolute Gasteiger partial charge is 0.129 e. The Morgan fingerprint density at radius 3 is 2.78 bits per heavy atom. The van der Waals surface area contributed by atoms with Crippen LogP contribution in [0, 0.1) is 13.8 Å². The van der Waals surface area contributed by atoms with Gasteiger partial charge in [0.15, 0.2) is 0 Å². The van der Waals surface area contributed by atoms with E-state index in [-0.39, 0.29) is 0 Å². The Labute approximate surface area is 109 Å². The van der Waals surface area contributed by atoms with E-state index in [1.165, 1.54) is 0 Å². The highest BCUT2D eigenvalue weighted by atomic mass is 16.5. The number of nitrogens with zero attached hydrogens (tertiary/aromatic N) is 3. The van der Waals surface area contributed by atoms with Gasteiger partial charge >= 0.3 is 0 Å². The van der Waals surface area contributed by atoms with E-state index in [2.05, 4.69) is 20.2 Å². The van der Waals surface area contributed by atoms with Crippen molar-refractivity contribution in [2.24, 2.45) is 0 Å². The molecule has 1 aliphatic heterocycles. The van der Waals surface area contributed by atoms with E-state index in [1.54, 1.807) is 0 Å². The number of nitrogens with one attached hydrogen (secondary N) is 1. The molecule has 0 aromatic carbocycles. The number of morpholine rings is 1. The predicted octanol–water partition coefficient (Wildman–Crippen LogP) is 1.23. The van der Waals surface area contributed by atoms with Gasteiger partial charge in [-0.2, -0.15) is 0 Å². The van der Waals surface area contributed by atoms with Gasteiger partial charge in [-0.05, 0) is 26.8 Å². The summed E-state index contributed by atoms with van der Waals surface area (Å²) >= 11 is 0. The summed E-state index contributed by atoms with van der Waals surface area (Å²) in [4.78, 5) is 11.1. The molecule has 100 valence electrons. The van der Waals surface area contributed by atoms with Gasteiger partial charge < -0.3 is 10.1 Å². The van der Waals surface area contributed by atoms with Gasteiger partial charge in [-0.25, -0.2) is 9.97 Å². The molecule has 0 unspecified atom stereocenters. The van der Waals surface area contributed by atoms with Crippen LogP contribution in [0.5, 0.6) is 0 Å². The average Bonchev–Trinajstić information content (AvgIpc) is 2.35. The van der Waals surface area contributed by atoms with Crippen LogP contribution in [0.2, 0.25) is 0 Å². The van der Waals surface area contributed by atoms with Crippen molar-refractivity contribution in [1.82, 2.24) is 14.9 Å². The third kappa shape index (κ3) is 4.23. The Hall–Kier alpha value is -1.20. The van der Waals surface area contributed by atoms with E-state index in [9.17, 15) is 0 Å². The minimum Gasteiger partial charge on any atom is -0.379 e. The molecule has 0 atom stereocenters. The first-order valence-electron chi connectivity index (χ1n) is 6.60. The van der Waals surface area contributed by atoms with E-state index < -0.39 is 0 Å². The van der Waals surface area contributed by atoms with Gasteiger partial charge in [0.25, 0.3) is 0 Å². The Bertz CT molecular complexity index is 357. The molecular formula is C13H22N4O. The van der Waals surface area contributed by atoms with E-state index in [4.69, 9.17) is 4.74 Å². The Balaban J connectivity index is 1.68. The van der Waals surface area contributed by atoms with Gasteiger partial charge in [0, 0.05) is 31.4 Å². The van der Waals surface area contributed by atoms with Crippen molar-refractivity contribution >= 4 is 5.82 Å². The lowest BCUT2D eigenvalue weighted by atomic mass is 10.3. The zero-order valence-electron chi connectivity index (χ0n) is 11.3. The van der Waals surface area contributed by atoms with Crippen molar-refractivity contribution in [1.29, 1.82) is 0 Å². The Morgan fingerprint density at radius 2 is 2.06 bits per heavy atom. The molecule has 0 saturated carbocycles. The maximum atomic E-state index is 5.33. The molecule has 5 heteroatoms. The van der Waals surface area contributed by atoms with Crippen LogP contribution in [-0.2, 0) is 4.74 Å². The molecule has 0 amide bonds. The van der Waals surface area contributed by atoms with Crippen LogP contribution in [0.15, 0.2) is 6.07 Å². The summed E-state index contributed by atoms with van der Waals surface area (Å²) in [5.41, 5.74) is 1.01. The van der Waals surface area contributed by atoms with Crippen molar-refractivity contribution in [3.05, 3.63) is 17.6 Å². The van der Waals surface area contributed by atoms with Crippen molar-refractivity contribution in [3.63, 3.8) is 0 Å². The number of ether oxygens (including phenoxy) is 1. The molecule has 1 N–H and O–H groups in total. The molecule has 0 bridgehead atoms. The first-order valence-corrected chi connectivity index (χ1v) is 6.60. The van der Waals surface area contributed by atoms with Gasteiger partial charge in [-0.1, -0.05) is 0 Å². The molecule has 1 aliphatic rings. The second-order valence-electron chi connectivity index (χ2n) is 4.68. The fraction of sp³-hybridized carbons (Fsp3) is 0.692. The fourth-order valence-corrected chi connectivity index (χ4v) is 2.15. The number of aromatic nitrogens is 2. The highest BCUT2D eigenvalue weighted by molar-refractivity contribution is 5.35. The number of aryl methyl sites for hydroxylation is 2. The molecule has 1 aromatic heterocycles. The lowest BCUT2D eigenvalue weighted by Gasteiger charge is -2.26. The quantitative estimate of drug-likeness (QED) is 0.797. The van der Waals surface area contributed by atoms with Crippen molar-refractivity contribution < 1.29 is 4.74 Å². The number of anilines is 1. The predicted molar refractivity (Wildman–Crippen MR) is 71.9 cm³/mol. The number of hydrogen-bond acceptors (Lipinski definition) is 5. The van der Waals surface area contributed by atoms with Crippen molar-refractivity contribution in [2.45, 2.75) is 20.3 Å². The molecule has 18 heavy (non-hydrogen) atoms. The normalized spacial score (nSPS) is 16.8. The largest absolute Gasteiger partial charge is 0.379 e. The van der Waals surface area contributed by atoms with Crippen LogP contribution >= 0.6 is 0 Å².